The second-order valence-corrected chi connectivity index (χ2v) is 9.41. The molecule has 6 rings (SSSR count). The Morgan fingerprint density at radius 3 is 2.73 bits per heavy atom. The molecule has 5 nitrogen and oxygen atoms in total. The predicted octanol–water partition coefficient (Wildman–Crippen LogP) is 4.95. The molecule has 3 aliphatic rings. The molecule has 0 radical (unpaired) electrons. The Morgan fingerprint density at radius 2 is 1.87 bits per heavy atom. The van der Waals surface area contributed by atoms with Crippen molar-refractivity contribution in [3.8, 4) is 5.69 Å². The molecule has 1 fully saturated rings. The number of benzene rings is 2. The van der Waals surface area contributed by atoms with E-state index in [4.69, 9.17) is 21.4 Å². The molecule has 6 heteroatoms. The fourth-order valence-corrected chi connectivity index (χ4v) is 5.78. The van der Waals surface area contributed by atoms with Crippen LogP contribution in [0.4, 0.5) is 0 Å². The van der Waals surface area contributed by atoms with Crippen molar-refractivity contribution in [2.45, 2.75) is 56.9 Å². The molecule has 0 unspecified atom stereocenters. The second-order valence-electron chi connectivity index (χ2n) is 8.97. The number of fused-ring (bicyclic) bond motifs is 5. The van der Waals surface area contributed by atoms with Crippen LogP contribution in [-0.2, 0) is 30.0 Å². The zero-order chi connectivity index (χ0) is 20.3. The monoisotopic (exact) mass is 420 g/mol. The van der Waals surface area contributed by atoms with Gasteiger partial charge in [-0.15, -0.1) is 10.2 Å². The molecular weight excluding hydrogens is 396 g/mol. The number of halogens is 1. The molecule has 154 valence electrons. The number of ether oxygens (including phenoxy) is 1. The van der Waals surface area contributed by atoms with Gasteiger partial charge >= 0.3 is 0 Å². The molecule has 2 aromatic carbocycles. The SMILES string of the molecule is CN1Cc2cc(Cl)ccc2-n2c(nnc2[C@H]2CC[C@@]3(CC2)OCc2ccccc23)C1. The van der Waals surface area contributed by atoms with Crippen LogP contribution in [0.25, 0.3) is 5.69 Å². The summed E-state index contributed by atoms with van der Waals surface area (Å²) in [5, 5.41) is 10.1. The van der Waals surface area contributed by atoms with Crippen LogP contribution in [0.2, 0.25) is 5.02 Å². The van der Waals surface area contributed by atoms with Crippen molar-refractivity contribution in [3.63, 3.8) is 0 Å². The van der Waals surface area contributed by atoms with Crippen molar-refractivity contribution in [1.82, 2.24) is 19.7 Å². The summed E-state index contributed by atoms with van der Waals surface area (Å²) < 4.78 is 8.66. The molecule has 3 heterocycles. The van der Waals surface area contributed by atoms with Gasteiger partial charge in [0.05, 0.1) is 24.4 Å². The van der Waals surface area contributed by atoms with Gasteiger partial charge < -0.3 is 4.74 Å². The van der Waals surface area contributed by atoms with Crippen molar-refractivity contribution < 1.29 is 4.74 Å². The highest BCUT2D eigenvalue weighted by molar-refractivity contribution is 6.30. The molecule has 1 saturated carbocycles. The van der Waals surface area contributed by atoms with Crippen LogP contribution in [0.5, 0.6) is 0 Å². The summed E-state index contributed by atoms with van der Waals surface area (Å²) in [7, 11) is 2.12. The first-order chi connectivity index (χ1) is 14.6. The molecule has 30 heavy (non-hydrogen) atoms. The Labute approximate surface area is 181 Å². The third-order valence-electron chi connectivity index (χ3n) is 7.06. The maximum absolute atomic E-state index is 6.37. The van der Waals surface area contributed by atoms with Crippen molar-refractivity contribution in [1.29, 1.82) is 0 Å². The van der Waals surface area contributed by atoms with Crippen molar-refractivity contribution in [2.75, 3.05) is 7.05 Å². The lowest BCUT2D eigenvalue weighted by molar-refractivity contribution is -0.0674. The molecule has 0 saturated heterocycles. The van der Waals surface area contributed by atoms with E-state index in [-0.39, 0.29) is 5.60 Å². The summed E-state index contributed by atoms with van der Waals surface area (Å²) in [6, 6.07) is 14.9. The molecule has 0 N–H and O–H groups in total. The number of rotatable bonds is 1. The van der Waals surface area contributed by atoms with Gasteiger partial charge in [0.2, 0.25) is 0 Å². The smallest absolute Gasteiger partial charge is 0.151 e. The number of nitrogens with zero attached hydrogens (tertiary/aromatic N) is 4. The lowest BCUT2D eigenvalue weighted by Gasteiger charge is -2.37. The third-order valence-corrected chi connectivity index (χ3v) is 7.29. The first-order valence-corrected chi connectivity index (χ1v) is 11.1. The molecular formula is C24H25ClN4O. The lowest BCUT2D eigenvalue weighted by atomic mass is 9.74. The van der Waals surface area contributed by atoms with E-state index in [0.29, 0.717) is 5.92 Å². The largest absolute Gasteiger partial charge is 0.366 e. The van der Waals surface area contributed by atoms with E-state index in [1.54, 1.807) is 0 Å². The first-order valence-electron chi connectivity index (χ1n) is 10.8. The highest BCUT2D eigenvalue weighted by atomic mass is 35.5. The summed E-state index contributed by atoms with van der Waals surface area (Å²) in [5.74, 6) is 2.49. The summed E-state index contributed by atoms with van der Waals surface area (Å²) in [6.45, 7) is 2.38. The van der Waals surface area contributed by atoms with Crippen LogP contribution in [-0.4, -0.2) is 26.7 Å². The highest BCUT2D eigenvalue weighted by Crippen LogP contribution is 2.50. The fraction of sp³-hybridized carbons (Fsp3) is 0.417. The van der Waals surface area contributed by atoms with E-state index in [0.717, 1.165) is 62.1 Å². The molecule has 0 bridgehead atoms. The Kier molecular flexibility index (Phi) is 4.27. The Hall–Kier alpha value is -2.21. The quantitative estimate of drug-likeness (QED) is 0.558. The second kappa shape index (κ2) is 6.91. The van der Waals surface area contributed by atoms with Gasteiger partial charge in [-0.05, 0) is 67.6 Å². The summed E-state index contributed by atoms with van der Waals surface area (Å²) in [4.78, 5) is 2.27. The molecule has 2 aliphatic heterocycles. The molecule has 1 aliphatic carbocycles. The van der Waals surface area contributed by atoms with E-state index < -0.39 is 0 Å². The average molecular weight is 421 g/mol. The summed E-state index contributed by atoms with van der Waals surface area (Å²) in [6.07, 6.45) is 4.19. The Bertz CT molecular complexity index is 1120. The van der Waals surface area contributed by atoms with Crippen molar-refractivity contribution >= 4 is 11.6 Å². The van der Waals surface area contributed by atoms with Crippen LogP contribution in [0.3, 0.4) is 0 Å². The van der Waals surface area contributed by atoms with Gasteiger partial charge in [-0.3, -0.25) is 9.47 Å². The highest BCUT2D eigenvalue weighted by Gasteiger charge is 2.44. The van der Waals surface area contributed by atoms with Gasteiger partial charge in [0.15, 0.2) is 5.82 Å². The van der Waals surface area contributed by atoms with E-state index >= 15 is 0 Å². The van der Waals surface area contributed by atoms with Crippen LogP contribution >= 0.6 is 11.6 Å². The molecule has 0 amide bonds. The van der Waals surface area contributed by atoms with Crippen LogP contribution in [0, 0.1) is 0 Å². The van der Waals surface area contributed by atoms with E-state index in [9.17, 15) is 0 Å². The minimum absolute atomic E-state index is 0.111. The van der Waals surface area contributed by atoms with Crippen molar-refractivity contribution in [3.05, 3.63) is 75.8 Å². The minimum atomic E-state index is -0.111. The Morgan fingerprint density at radius 1 is 1.03 bits per heavy atom. The van der Waals surface area contributed by atoms with Gasteiger partial charge in [-0.2, -0.15) is 0 Å². The fourth-order valence-electron chi connectivity index (χ4n) is 5.59. The topological polar surface area (TPSA) is 43.2 Å². The standard InChI is InChI=1S/C24H25ClN4O/c1-28-13-18-12-19(25)6-7-21(18)29-22(14-28)26-27-23(29)16-8-10-24(11-9-16)20-5-3-2-4-17(20)15-30-24/h2-7,12,16H,8-11,13-15H2,1H3/t16-,24-. The van der Waals surface area contributed by atoms with Crippen LogP contribution < -0.4 is 0 Å². The lowest BCUT2D eigenvalue weighted by Crippen LogP contribution is -2.31. The number of hydrogen-bond acceptors (Lipinski definition) is 4. The number of hydrogen-bond donors (Lipinski definition) is 0. The van der Waals surface area contributed by atoms with Gasteiger partial charge in [-0.25, -0.2) is 0 Å². The van der Waals surface area contributed by atoms with E-state index in [1.807, 2.05) is 6.07 Å². The third kappa shape index (κ3) is 2.83. The number of aromatic nitrogens is 3. The Balaban J connectivity index is 1.34. The van der Waals surface area contributed by atoms with Crippen LogP contribution in [0.15, 0.2) is 42.5 Å². The van der Waals surface area contributed by atoms with Gasteiger partial charge in [0.25, 0.3) is 0 Å². The normalized spacial score (nSPS) is 25.6. The van der Waals surface area contributed by atoms with Crippen LogP contribution in [0.1, 0.15) is 59.9 Å². The minimum Gasteiger partial charge on any atom is -0.366 e. The zero-order valence-corrected chi connectivity index (χ0v) is 17.9. The first kappa shape index (κ1) is 18.6. The van der Waals surface area contributed by atoms with E-state index in [2.05, 4.69) is 58.0 Å². The summed E-state index contributed by atoms with van der Waals surface area (Å²) in [5.41, 5.74) is 5.03. The maximum Gasteiger partial charge on any atom is 0.151 e. The van der Waals surface area contributed by atoms with Gasteiger partial charge in [0.1, 0.15) is 5.82 Å². The maximum atomic E-state index is 6.37. The summed E-state index contributed by atoms with van der Waals surface area (Å²) >= 11 is 6.30. The van der Waals surface area contributed by atoms with Crippen molar-refractivity contribution in [2.24, 2.45) is 0 Å². The van der Waals surface area contributed by atoms with Gasteiger partial charge in [-0.1, -0.05) is 35.9 Å². The van der Waals surface area contributed by atoms with E-state index in [1.165, 1.54) is 22.4 Å². The predicted molar refractivity (Wildman–Crippen MR) is 116 cm³/mol. The zero-order valence-electron chi connectivity index (χ0n) is 17.1. The molecule has 1 spiro atoms. The van der Waals surface area contributed by atoms with Gasteiger partial charge in [0, 0.05) is 17.5 Å². The molecule has 1 aromatic heterocycles. The average Bonchev–Trinajstić information content (AvgIpc) is 3.28. The molecule has 0 atom stereocenters. The molecule has 3 aromatic rings.